The molecule has 0 saturated heterocycles. The van der Waals surface area contributed by atoms with E-state index in [2.05, 4.69) is 5.32 Å². The van der Waals surface area contributed by atoms with Crippen LogP contribution in [0.4, 0.5) is 4.79 Å². The van der Waals surface area contributed by atoms with Gasteiger partial charge in [-0.15, -0.1) is 0 Å². The second-order valence-electron chi connectivity index (χ2n) is 3.84. The number of thiophene rings is 1. The zero-order valence-corrected chi connectivity index (χ0v) is 11.2. The number of hydrogen-bond acceptors (Lipinski definition) is 3. The molecule has 18 heavy (non-hydrogen) atoms. The second kappa shape index (κ2) is 7.71. The Morgan fingerprint density at radius 3 is 2.83 bits per heavy atom. The smallest absolute Gasteiger partial charge is 0.317 e. The van der Waals surface area contributed by atoms with Crippen molar-refractivity contribution in [3.8, 4) is 0 Å². The summed E-state index contributed by atoms with van der Waals surface area (Å²) >= 11 is 1.63. The first-order valence-corrected chi connectivity index (χ1v) is 6.83. The van der Waals surface area contributed by atoms with Crippen LogP contribution in [0.15, 0.2) is 16.8 Å². The summed E-state index contributed by atoms with van der Waals surface area (Å²) in [5.74, 6) is -0.889. The van der Waals surface area contributed by atoms with E-state index in [1.54, 1.807) is 11.3 Å². The summed E-state index contributed by atoms with van der Waals surface area (Å²) in [7, 11) is 0. The molecular formula is C12H18N2O3S. The molecule has 0 radical (unpaired) electrons. The Labute approximate surface area is 110 Å². The average Bonchev–Trinajstić information content (AvgIpc) is 2.82. The van der Waals surface area contributed by atoms with E-state index in [9.17, 15) is 9.59 Å². The number of carbonyl (C=O) groups excluding carboxylic acids is 1. The van der Waals surface area contributed by atoms with Gasteiger partial charge in [0.25, 0.3) is 0 Å². The Morgan fingerprint density at radius 2 is 2.28 bits per heavy atom. The molecule has 0 aliphatic heterocycles. The third-order valence-corrected chi connectivity index (χ3v) is 3.27. The molecule has 0 unspecified atom stereocenters. The van der Waals surface area contributed by atoms with Gasteiger partial charge in [0.1, 0.15) is 0 Å². The van der Waals surface area contributed by atoms with Gasteiger partial charge in [0.05, 0.1) is 6.42 Å². The van der Waals surface area contributed by atoms with E-state index < -0.39 is 5.97 Å². The van der Waals surface area contributed by atoms with Crippen molar-refractivity contribution in [2.75, 3.05) is 19.6 Å². The molecule has 0 fully saturated rings. The molecule has 0 atom stereocenters. The van der Waals surface area contributed by atoms with Gasteiger partial charge in [0, 0.05) is 19.6 Å². The number of rotatable bonds is 7. The molecule has 1 aromatic heterocycles. The lowest BCUT2D eigenvalue weighted by Gasteiger charge is -2.20. The zero-order chi connectivity index (χ0) is 13.4. The van der Waals surface area contributed by atoms with E-state index in [-0.39, 0.29) is 19.0 Å². The van der Waals surface area contributed by atoms with Gasteiger partial charge in [0.2, 0.25) is 0 Å². The third kappa shape index (κ3) is 5.18. The summed E-state index contributed by atoms with van der Waals surface area (Å²) in [5, 5.41) is 15.4. The van der Waals surface area contributed by atoms with Crippen molar-refractivity contribution in [3.63, 3.8) is 0 Å². The van der Waals surface area contributed by atoms with Gasteiger partial charge in [-0.2, -0.15) is 11.3 Å². The predicted molar refractivity (Wildman–Crippen MR) is 70.9 cm³/mol. The highest BCUT2D eigenvalue weighted by atomic mass is 32.1. The molecular weight excluding hydrogens is 252 g/mol. The van der Waals surface area contributed by atoms with Crippen molar-refractivity contribution < 1.29 is 14.7 Å². The van der Waals surface area contributed by atoms with Crippen LogP contribution in [0.2, 0.25) is 0 Å². The normalized spacial score (nSPS) is 10.1. The van der Waals surface area contributed by atoms with Crippen molar-refractivity contribution in [2.45, 2.75) is 19.8 Å². The lowest BCUT2D eigenvalue weighted by atomic mass is 10.2. The van der Waals surface area contributed by atoms with Crippen LogP contribution in [0, 0.1) is 0 Å². The highest BCUT2D eigenvalue weighted by molar-refractivity contribution is 7.07. The number of amides is 2. The van der Waals surface area contributed by atoms with Gasteiger partial charge in [-0.1, -0.05) is 0 Å². The van der Waals surface area contributed by atoms with Crippen LogP contribution in [0.25, 0.3) is 0 Å². The number of nitrogens with zero attached hydrogens (tertiary/aromatic N) is 1. The van der Waals surface area contributed by atoms with Gasteiger partial charge in [-0.25, -0.2) is 4.79 Å². The molecule has 0 bridgehead atoms. The molecule has 6 heteroatoms. The molecule has 0 aromatic carbocycles. The highest BCUT2D eigenvalue weighted by Crippen LogP contribution is 2.05. The summed E-state index contributed by atoms with van der Waals surface area (Å²) in [4.78, 5) is 23.7. The fraction of sp³-hybridized carbons (Fsp3) is 0.500. The number of carboxylic acids is 1. The Hall–Kier alpha value is -1.56. The number of aliphatic carboxylic acids is 1. The lowest BCUT2D eigenvalue weighted by molar-refractivity contribution is -0.137. The van der Waals surface area contributed by atoms with Crippen molar-refractivity contribution >= 4 is 23.3 Å². The topological polar surface area (TPSA) is 69.6 Å². The summed E-state index contributed by atoms with van der Waals surface area (Å²) in [6, 6.07) is 1.83. The number of urea groups is 1. The van der Waals surface area contributed by atoms with Gasteiger partial charge in [0.15, 0.2) is 0 Å². The predicted octanol–water partition coefficient (Wildman–Crippen LogP) is 1.80. The third-order valence-electron chi connectivity index (χ3n) is 2.53. The standard InChI is InChI=1S/C12H18N2O3S/c1-2-14(7-4-11(15)16)12(17)13-6-3-10-5-8-18-9-10/h5,8-9H,2-4,6-7H2,1H3,(H,13,17)(H,15,16). The van der Waals surface area contributed by atoms with Crippen molar-refractivity contribution in [1.82, 2.24) is 10.2 Å². The van der Waals surface area contributed by atoms with Gasteiger partial charge in [-0.3, -0.25) is 4.79 Å². The molecule has 2 amide bonds. The molecule has 2 N–H and O–H groups in total. The van der Waals surface area contributed by atoms with E-state index in [1.807, 2.05) is 23.8 Å². The number of hydrogen-bond donors (Lipinski definition) is 2. The van der Waals surface area contributed by atoms with Crippen molar-refractivity contribution in [3.05, 3.63) is 22.4 Å². The van der Waals surface area contributed by atoms with Crippen molar-refractivity contribution in [2.24, 2.45) is 0 Å². The maximum Gasteiger partial charge on any atom is 0.317 e. The largest absolute Gasteiger partial charge is 0.481 e. The maximum absolute atomic E-state index is 11.7. The first kappa shape index (κ1) is 14.5. The molecule has 1 heterocycles. The van der Waals surface area contributed by atoms with Crippen LogP contribution < -0.4 is 5.32 Å². The van der Waals surface area contributed by atoms with Crippen LogP contribution in [0.3, 0.4) is 0 Å². The molecule has 0 spiro atoms. The Balaban J connectivity index is 2.26. The van der Waals surface area contributed by atoms with Crippen LogP contribution in [-0.4, -0.2) is 41.6 Å². The fourth-order valence-corrected chi connectivity index (χ4v) is 2.20. The van der Waals surface area contributed by atoms with Gasteiger partial charge in [-0.05, 0) is 35.7 Å². The van der Waals surface area contributed by atoms with Crippen LogP contribution in [0.5, 0.6) is 0 Å². The Morgan fingerprint density at radius 1 is 1.50 bits per heavy atom. The maximum atomic E-state index is 11.7. The van der Waals surface area contributed by atoms with Crippen molar-refractivity contribution in [1.29, 1.82) is 0 Å². The van der Waals surface area contributed by atoms with Crippen LogP contribution in [0.1, 0.15) is 18.9 Å². The lowest BCUT2D eigenvalue weighted by Crippen LogP contribution is -2.41. The Bertz CT molecular complexity index is 379. The monoisotopic (exact) mass is 270 g/mol. The quantitative estimate of drug-likeness (QED) is 0.793. The first-order valence-electron chi connectivity index (χ1n) is 5.89. The van der Waals surface area contributed by atoms with E-state index >= 15 is 0 Å². The fourth-order valence-electron chi connectivity index (χ4n) is 1.49. The number of nitrogens with one attached hydrogen (secondary N) is 1. The summed E-state index contributed by atoms with van der Waals surface area (Å²) in [5.41, 5.74) is 1.20. The minimum absolute atomic E-state index is 0.0220. The summed E-state index contributed by atoms with van der Waals surface area (Å²) in [6.07, 6.45) is 0.775. The molecule has 0 aliphatic rings. The number of carboxylic acid groups (broad SMARTS) is 1. The molecule has 100 valence electrons. The SMILES string of the molecule is CCN(CCC(=O)O)C(=O)NCCc1ccsc1. The zero-order valence-electron chi connectivity index (χ0n) is 10.4. The highest BCUT2D eigenvalue weighted by Gasteiger charge is 2.11. The number of carbonyl (C=O) groups is 2. The molecule has 5 nitrogen and oxygen atoms in total. The molecule has 0 aliphatic carbocycles. The van der Waals surface area contributed by atoms with E-state index in [0.29, 0.717) is 13.1 Å². The Kier molecular flexibility index (Phi) is 6.21. The first-order chi connectivity index (χ1) is 8.63. The minimum atomic E-state index is -0.889. The second-order valence-corrected chi connectivity index (χ2v) is 4.62. The van der Waals surface area contributed by atoms with Crippen LogP contribution in [-0.2, 0) is 11.2 Å². The average molecular weight is 270 g/mol. The summed E-state index contributed by atoms with van der Waals surface area (Å²) in [6.45, 7) is 3.16. The molecule has 1 aromatic rings. The van der Waals surface area contributed by atoms with E-state index in [4.69, 9.17) is 5.11 Å². The summed E-state index contributed by atoms with van der Waals surface area (Å²) < 4.78 is 0. The van der Waals surface area contributed by atoms with Gasteiger partial charge >= 0.3 is 12.0 Å². The minimum Gasteiger partial charge on any atom is -0.481 e. The van der Waals surface area contributed by atoms with Gasteiger partial charge < -0.3 is 15.3 Å². The molecule has 1 rings (SSSR count). The van der Waals surface area contributed by atoms with E-state index in [1.165, 1.54) is 10.5 Å². The molecule has 0 saturated carbocycles. The van der Waals surface area contributed by atoms with Crippen LogP contribution >= 0.6 is 11.3 Å². The van der Waals surface area contributed by atoms with E-state index in [0.717, 1.165) is 6.42 Å².